The zero-order chi connectivity index (χ0) is 18.0. The van der Waals surface area contributed by atoms with E-state index >= 15 is 0 Å². The quantitative estimate of drug-likeness (QED) is 0.353. The maximum absolute atomic E-state index is 14.3. The van der Waals surface area contributed by atoms with Crippen LogP contribution in [0.15, 0.2) is 36.0 Å². The molecule has 1 heterocycles. The molecule has 9 heteroatoms. The van der Waals surface area contributed by atoms with Gasteiger partial charge >= 0.3 is 0 Å². The summed E-state index contributed by atoms with van der Waals surface area (Å²) in [5.74, 6) is -2.07. The fourth-order valence-corrected chi connectivity index (χ4v) is 2.73. The molecule has 0 aliphatic rings. The van der Waals surface area contributed by atoms with Crippen molar-refractivity contribution in [2.45, 2.75) is 19.1 Å². The standard InChI is InChI=1S/C15H19F2N5O2/c1-11(23)20-22(2,3)8-15(24,7-21-10-18-9-19-21)13-5-4-12(16)6-14(13)17/h4-6,9-10,24H,7-8H2,1-3H3. The number of hydrogen-bond acceptors (Lipinski definition) is 5. The molecule has 0 aliphatic carbocycles. The Hall–Kier alpha value is -2.39. The van der Waals surface area contributed by atoms with Gasteiger partial charge in [0, 0.05) is 17.5 Å². The highest BCUT2D eigenvalue weighted by molar-refractivity contribution is 5.67. The van der Waals surface area contributed by atoms with Crippen molar-refractivity contribution < 1.29 is 23.6 Å². The van der Waals surface area contributed by atoms with Crippen LogP contribution in [0.1, 0.15) is 12.5 Å². The Morgan fingerprint density at radius 2 is 2.12 bits per heavy atom. The SMILES string of the molecule is C/C([O-])=N/[N+](C)(C)CC(O)(Cn1cncn1)c1ccc(F)cc1F. The summed E-state index contributed by atoms with van der Waals surface area (Å²) in [5, 5.41) is 30.2. The van der Waals surface area contributed by atoms with Gasteiger partial charge in [0.1, 0.15) is 30.8 Å². The average Bonchev–Trinajstić information content (AvgIpc) is 2.88. The number of nitrogens with zero attached hydrogens (tertiary/aromatic N) is 5. The van der Waals surface area contributed by atoms with Crippen LogP contribution in [-0.4, -0.2) is 51.0 Å². The van der Waals surface area contributed by atoms with Gasteiger partial charge in [0.05, 0.1) is 20.6 Å². The maximum Gasteiger partial charge on any atom is 0.163 e. The Bertz CT molecular complexity index is 729. The van der Waals surface area contributed by atoms with Crippen molar-refractivity contribution >= 4 is 5.90 Å². The Labute approximate surface area is 138 Å². The number of aliphatic hydroxyl groups is 1. The van der Waals surface area contributed by atoms with E-state index in [-0.39, 0.29) is 23.2 Å². The molecule has 1 unspecified atom stereocenters. The highest BCUT2D eigenvalue weighted by Gasteiger charge is 2.40. The lowest BCUT2D eigenvalue weighted by atomic mass is 9.92. The molecule has 2 rings (SSSR count). The van der Waals surface area contributed by atoms with E-state index in [1.165, 1.54) is 30.3 Å². The largest absolute Gasteiger partial charge is 0.858 e. The molecular weight excluding hydrogens is 320 g/mol. The summed E-state index contributed by atoms with van der Waals surface area (Å²) in [6.45, 7) is 1.02. The number of benzene rings is 1. The molecule has 1 aromatic heterocycles. The lowest BCUT2D eigenvalue weighted by Gasteiger charge is -2.35. The van der Waals surface area contributed by atoms with E-state index in [1.54, 1.807) is 14.1 Å². The third kappa shape index (κ3) is 4.33. The lowest BCUT2D eigenvalue weighted by molar-refractivity contribution is -0.905. The first-order valence-corrected chi connectivity index (χ1v) is 7.18. The molecule has 1 N–H and O–H groups in total. The minimum atomic E-state index is -1.78. The van der Waals surface area contributed by atoms with Crippen LogP contribution in [0, 0.1) is 11.6 Å². The maximum atomic E-state index is 14.3. The molecule has 130 valence electrons. The number of rotatable bonds is 6. The Morgan fingerprint density at radius 1 is 1.42 bits per heavy atom. The van der Waals surface area contributed by atoms with E-state index in [1.807, 2.05) is 0 Å². The minimum Gasteiger partial charge on any atom is -0.858 e. The van der Waals surface area contributed by atoms with Crippen molar-refractivity contribution in [1.29, 1.82) is 0 Å². The Kier molecular flexibility index (Phi) is 4.95. The van der Waals surface area contributed by atoms with Gasteiger partial charge in [-0.1, -0.05) is 0 Å². The average molecular weight is 339 g/mol. The van der Waals surface area contributed by atoms with E-state index in [9.17, 15) is 19.0 Å². The van der Waals surface area contributed by atoms with Crippen molar-refractivity contribution in [3.05, 3.63) is 48.1 Å². The summed E-state index contributed by atoms with van der Waals surface area (Å²) in [5.41, 5.74) is -1.89. The van der Waals surface area contributed by atoms with Crippen LogP contribution in [-0.2, 0) is 12.1 Å². The van der Waals surface area contributed by atoms with Crippen molar-refractivity contribution in [1.82, 2.24) is 14.8 Å². The van der Waals surface area contributed by atoms with Gasteiger partial charge < -0.3 is 10.2 Å². The predicted molar refractivity (Wildman–Crippen MR) is 80.4 cm³/mol. The minimum absolute atomic E-state index is 0.107. The molecule has 0 saturated carbocycles. The zero-order valence-corrected chi connectivity index (χ0v) is 13.6. The van der Waals surface area contributed by atoms with Crippen molar-refractivity contribution in [3.63, 3.8) is 0 Å². The van der Waals surface area contributed by atoms with Crippen LogP contribution in [0.4, 0.5) is 8.78 Å². The molecule has 7 nitrogen and oxygen atoms in total. The number of halogens is 2. The molecule has 0 bridgehead atoms. The highest BCUT2D eigenvalue weighted by atomic mass is 19.1. The van der Waals surface area contributed by atoms with Gasteiger partial charge in [-0.2, -0.15) is 5.10 Å². The van der Waals surface area contributed by atoms with Crippen LogP contribution in [0.2, 0.25) is 0 Å². The van der Waals surface area contributed by atoms with Crippen LogP contribution >= 0.6 is 0 Å². The molecular formula is C15H19F2N5O2. The monoisotopic (exact) mass is 339 g/mol. The van der Waals surface area contributed by atoms with E-state index in [4.69, 9.17) is 0 Å². The zero-order valence-electron chi connectivity index (χ0n) is 13.6. The van der Waals surface area contributed by atoms with Gasteiger partial charge in [-0.3, -0.25) is 0 Å². The molecule has 0 saturated heterocycles. The van der Waals surface area contributed by atoms with Gasteiger partial charge in [0.15, 0.2) is 5.60 Å². The number of hydrogen-bond donors (Lipinski definition) is 1. The summed E-state index contributed by atoms with van der Waals surface area (Å²) in [6.07, 6.45) is 2.65. The molecule has 2 aromatic rings. The van der Waals surface area contributed by atoms with E-state index in [0.29, 0.717) is 6.07 Å². The van der Waals surface area contributed by atoms with Crippen LogP contribution in [0.3, 0.4) is 0 Å². The second kappa shape index (κ2) is 6.62. The Balaban J connectivity index is 2.46. The second-order valence-electron chi connectivity index (χ2n) is 6.15. The first-order chi connectivity index (χ1) is 11.1. The van der Waals surface area contributed by atoms with Crippen LogP contribution < -0.4 is 5.11 Å². The van der Waals surface area contributed by atoms with Crippen molar-refractivity contribution in [2.24, 2.45) is 5.10 Å². The molecule has 0 aliphatic heterocycles. The summed E-state index contributed by atoms with van der Waals surface area (Å²) in [6, 6.07) is 2.94. The predicted octanol–water partition coefficient (Wildman–Crippen LogP) is 0.214. The molecule has 1 atom stereocenters. The molecule has 0 fully saturated rings. The Morgan fingerprint density at radius 3 is 2.67 bits per heavy atom. The van der Waals surface area contributed by atoms with Crippen LogP contribution in [0.5, 0.6) is 0 Å². The first-order valence-electron chi connectivity index (χ1n) is 7.18. The summed E-state index contributed by atoms with van der Waals surface area (Å²) in [7, 11) is 3.18. The molecule has 0 amide bonds. The molecule has 24 heavy (non-hydrogen) atoms. The highest BCUT2D eigenvalue weighted by Crippen LogP contribution is 2.29. The number of quaternary nitrogens is 1. The smallest absolute Gasteiger partial charge is 0.163 e. The fraction of sp³-hybridized carbons (Fsp3) is 0.400. The van der Waals surface area contributed by atoms with Gasteiger partial charge in [-0.25, -0.2) is 23.0 Å². The second-order valence-corrected chi connectivity index (χ2v) is 6.15. The van der Waals surface area contributed by atoms with Gasteiger partial charge in [-0.15, -0.1) is 5.10 Å². The summed E-state index contributed by atoms with van der Waals surface area (Å²) in [4.78, 5) is 3.79. The van der Waals surface area contributed by atoms with Crippen molar-refractivity contribution in [3.8, 4) is 0 Å². The van der Waals surface area contributed by atoms with E-state index in [2.05, 4.69) is 15.2 Å². The molecule has 0 spiro atoms. The van der Waals surface area contributed by atoms with E-state index in [0.717, 1.165) is 6.07 Å². The van der Waals surface area contributed by atoms with Gasteiger partial charge in [0.2, 0.25) is 0 Å². The number of aromatic nitrogens is 3. The topological polar surface area (TPSA) is 86.4 Å². The van der Waals surface area contributed by atoms with Crippen LogP contribution in [0.25, 0.3) is 0 Å². The lowest BCUT2D eigenvalue weighted by Crippen LogP contribution is -2.50. The normalized spacial score (nSPS) is 15.3. The number of likely N-dealkylation sites (N-methyl/N-ethyl adjacent to an activating group) is 1. The third-order valence-corrected chi connectivity index (χ3v) is 3.38. The summed E-state index contributed by atoms with van der Waals surface area (Å²) >= 11 is 0. The van der Waals surface area contributed by atoms with Gasteiger partial charge in [0.25, 0.3) is 0 Å². The van der Waals surface area contributed by atoms with Crippen molar-refractivity contribution in [2.75, 3.05) is 20.6 Å². The first kappa shape index (κ1) is 18.0. The van der Waals surface area contributed by atoms with E-state index < -0.39 is 23.1 Å². The third-order valence-electron chi connectivity index (χ3n) is 3.38. The fourth-order valence-electron chi connectivity index (χ4n) is 2.73. The van der Waals surface area contributed by atoms with Gasteiger partial charge in [-0.05, 0) is 19.1 Å². The summed E-state index contributed by atoms with van der Waals surface area (Å²) < 4.78 is 28.6. The molecule has 0 radical (unpaired) electrons. The molecule has 1 aromatic carbocycles.